The van der Waals surface area contributed by atoms with Gasteiger partial charge in [0.05, 0.1) is 6.61 Å². The number of ketones is 1. The smallest absolute Gasteiger partial charge is 0.317 e. The number of aromatic nitrogens is 1. The number of carbonyl (C=O) groups excluding carboxylic acids is 2. The molecule has 0 saturated heterocycles. The number of ether oxygens (including phenoxy) is 1. The zero-order chi connectivity index (χ0) is 13.7. The van der Waals surface area contributed by atoms with E-state index in [1.807, 2.05) is 0 Å². The van der Waals surface area contributed by atoms with Crippen molar-refractivity contribution < 1.29 is 18.7 Å². The molecule has 18 heavy (non-hydrogen) atoms. The summed E-state index contributed by atoms with van der Waals surface area (Å²) in [5.74, 6) is -3.30. The molecule has 1 rings (SSSR count). The van der Waals surface area contributed by atoms with E-state index in [0.29, 0.717) is 0 Å². The monoisotopic (exact) mass is 253 g/mol. The predicted molar refractivity (Wildman–Crippen MR) is 63.5 cm³/mol. The lowest BCUT2D eigenvalue weighted by Gasteiger charge is -2.17. The summed E-state index contributed by atoms with van der Waals surface area (Å²) >= 11 is 0. The van der Waals surface area contributed by atoms with Gasteiger partial charge < -0.3 is 4.74 Å². The van der Waals surface area contributed by atoms with Gasteiger partial charge in [-0.15, -0.1) is 0 Å². The van der Waals surface area contributed by atoms with Crippen LogP contribution in [0.4, 0.5) is 4.39 Å². The summed E-state index contributed by atoms with van der Waals surface area (Å²) in [6.45, 7) is 5.25. The van der Waals surface area contributed by atoms with Gasteiger partial charge in [0.25, 0.3) is 0 Å². The second-order valence-corrected chi connectivity index (χ2v) is 4.17. The largest absolute Gasteiger partial charge is 0.465 e. The van der Waals surface area contributed by atoms with Crippen LogP contribution in [0.1, 0.15) is 31.3 Å². The molecule has 0 spiro atoms. The van der Waals surface area contributed by atoms with E-state index in [1.54, 1.807) is 20.8 Å². The van der Waals surface area contributed by atoms with Crippen molar-refractivity contribution in [2.24, 2.45) is 11.8 Å². The van der Waals surface area contributed by atoms with Crippen LogP contribution in [0.2, 0.25) is 0 Å². The molecule has 1 heterocycles. The van der Waals surface area contributed by atoms with Gasteiger partial charge in [0, 0.05) is 6.20 Å². The zero-order valence-corrected chi connectivity index (χ0v) is 10.6. The molecule has 0 amide bonds. The van der Waals surface area contributed by atoms with E-state index in [2.05, 4.69) is 4.98 Å². The quantitative estimate of drug-likeness (QED) is 0.459. The molecule has 5 heteroatoms. The molecule has 0 aliphatic heterocycles. The fourth-order valence-corrected chi connectivity index (χ4v) is 1.63. The second kappa shape index (κ2) is 6.23. The molecule has 0 aromatic carbocycles. The van der Waals surface area contributed by atoms with Crippen LogP contribution in [0.25, 0.3) is 0 Å². The third-order valence-corrected chi connectivity index (χ3v) is 2.48. The average molecular weight is 253 g/mol. The Balaban J connectivity index is 3.04. The molecule has 1 unspecified atom stereocenters. The first-order valence-electron chi connectivity index (χ1n) is 5.80. The van der Waals surface area contributed by atoms with E-state index in [0.717, 1.165) is 6.07 Å². The molecule has 0 fully saturated rings. The first-order valence-corrected chi connectivity index (χ1v) is 5.80. The van der Waals surface area contributed by atoms with Gasteiger partial charge >= 0.3 is 5.97 Å². The van der Waals surface area contributed by atoms with Crippen molar-refractivity contribution in [3.63, 3.8) is 0 Å². The Morgan fingerprint density at radius 3 is 2.61 bits per heavy atom. The summed E-state index contributed by atoms with van der Waals surface area (Å²) in [6, 6.07) is 2.53. The third kappa shape index (κ3) is 3.12. The molecule has 0 aliphatic rings. The van der Waals surface area contributed by atoms with Crippen molar-refractivity contribution >= 4 is 11.8 Å². The predicted octanol–water partition coefficient (Wildman–Crippen LogP) is 2.24. The second-order valence-electron chi connectivity index (χ2n) is 4.17. The van der Waals surface area contributed by atoms with Crippen LogP contribution in [-0.4, -0.2) is 23.3 Å². The number of esters is 1. The van der Waals surface area contributed by atoms with Crippen LogP contribution >= 0.6 is 0 Å². The van der Waals surface area contributed by atoms with Crippen molar-refractivity contribution in [1.82, 2.24) is 4.98 Å². The Morgan fingerprint density at radius 1 is 1.44 bits per heavy atom. The molecule has 1 atom stereocenters. The Kier molecular flexibility index (Phi) is 4.95. The van der Waals surface area contributed by atoms with Crippen LogP contribution in [0.3, 0.4) is 0 Å². The molecule has 0 saturated carbocycles. The maximum atomic E-state index is 13.5. The molecule has 0 aliphatic carbocycles. The number of nitrogens with zero attached hydrogens (tertiary/aromatic N) is 1. The lowest BCUT2D eigenvalue weighted by molar-refractivity contribution is -0.147. The summed E-state index contributed by atoms with van der Waals surface area (Å²) in [7, 11) is 0. The summed E-state index contributed by atoms with van der Waals surface area (Å²) in [4.78, 5) is 27.5. The van der Waals surface area contributed by atoms with Gasteiger partial charge in [0.1, 0.15) is 11.6 Å². The molecule has 1 aromatic heterocycles. The summed E-state index contributed by atoms with van der Waals surface area (Å²) in [5.41, 5.74) is -0.316. The molecular formula is C13H16FNO3. The Hall–Kier alpha value is -1.78. The Bertz CT molecular complexity index is 446. The average Bonchev–Trinajstić information content (AvgIpc) is 2.29. The van der Waals surface area contributed by atoms with Gasteiger partial charge in [-0.1, -0.05) is 13.8 Å². The highest BCUT2D eigenvalue weighted by atomic mass is 19.1. The van der Waals surface area contributed by atoms with Crippen LogP contribution in [0.5, 0.6) is 0 Å². The van der Waals surface area contributed by atoms with Gasteiger partial charge in [0.2, 0.25) is 0 Å². The van der Waals surface area contributed by atoms with Gasteiger partial charge in [-0.2, -0.15) is 0 Å². The van der Waals surface area contributed by atoms with Crippen LogP contribution < -0.4 is 0 Å². The van der Waals surface area contributed by atoms with Crippen LogP contribution in [0, 0.1) is 17.7 Å². The Labute approximate surface area is 105 Å². The molecule has 0 radical (unpaired) electrons. The fraction of sp³-hybridized carbons (Fsp3) is 0.462. The zero-order valence-electron chi connectivity index (χ0n) is 10.6. The maximum absolute atomic E-state index is 13.5. The number of carbonyl (C=O) groups is 2. The number of pyridine rings is 1. The van der Waals surface area contributed by atoms with Gasteiger partial charge in [-0.05, 0) is 25.0 Å². The maximum Gasteiger partial charge on any atom is 0.317 e. The number of rotatable bonds is 5. The first kappa shape index (κ1) is 14.3. The van der Waals surface area contributed by atoms with E-state index in [9.17, 15) is 14.0 Å². The molecule has 98 valence electrons. The highest BCUT2D eigenvalue weighted by Crippen LogP contribution is 2.19. The molecule has 4 nitrogen and oxygen atoms in total. The summed E-state index contributed by atoms with van der Waals surface area (Å²) < 4.78 is 18.3. The standard InChI is InChI=1S/C13H16FNO3/c1-4-18-13(17)10(8(2)3)12(16)11-9(14)6-5-7-15-11/h5-8,10H,4H2,1-3H3. The van der Waals surface area contributed by atoms with Crippen molar-refractivity contribution in [3.05, 3.63) is 29.8 Å². The normalized spacial score (nSPS) is 12.3. The van der Waals surface area contributed by atoms with E-state index in [4.69, 9.17) is 4.74 Å². The lowest BCUT2D eigenvalue weighted by atomic mass is 9.89. The number of Topliss-reactive ketones (excluding diaryl/α,β-unsaturated/α-hetero) is 1. The minimum absolute atomic E-state index is 0.181. The van der Waals surface area contributed by atoms with Crippen molar-refractivity contribution in [2.75, 3.05) is 6.61 Å². The fourth-order valence-electron chi connectivity index (χ4n) is 1.63. The summed E-state index contributed by atoms with van der Waals surface area (Å²) in [5, 5.41) is 0. The summed E-state index contributed by atoms with van der Waals surface area (Å²) in [6.07, 6.45) is 1.32. The minimum Gasteiger partial charge on any atom is -0.465 e. The van der Waals surface area contributed by atoms with Crippen molar-refractivity contribution in [3.8, 4) is 0 Å². The molecule has 0 bridgehead atoms. The van der Waals surface area contributed by atoms with E-state index in [1.165, 1.54) is 12.3 Å². The molecular weight excluding hydrogens is 237 g/mol. The lowest BCUT2D eigenvalue weighted by Crippen LogP contribution is -2.31. The van der Waals surface area contributed by atoms with Crippen LogP contribution in [0.15, 0.2) is 18.3 Å². The van der Waals surface area contributed by atoms with Gasteiger partial charge in [-0.3, -0.25) is 14.6 Å². The van der Waals surface area contributed by atoms with E-state index >= 15 is 0 Å². The molecule has 1 aromatic rings. The van der Waals surface area contributed by atoms with Crippen molar-refractivity contribution in [2.45, 2.75) is 20.8 Å². The highest BCUT2D eigenvalue weighted by molar-refractivity contribution is 6.07. The molecule has 0 N–H and O–H groups in total. The third-order valence-electron chi connectivity index (χ3n) is 2.48. The van der Waals surface area contributed by atoms with Crippen molar-refractivity contribution in [1.29, 1.82) is 0 Å². The minimum atomic E-state index is -1.02. The van der Waals surface area contributed by atoms with Gasteiger partial charge in [0.15, 0.2) is 11.6 Å². The topological polar surface area (TPSA) is 56.3 Å². The van der Waals surface area contributed by atoms with Crippen LogP contribution in [-0.2, 0) is 9.53 Å². The number of hydrogen-bond acceptors (Lipinski definition) is 4. The van der Waals surface area contributed by atoms with Gasteiger partial charge in [-0.25, -0.2) is 4.39 Å². The van der Waals surface area contributed by atoms with E-state index < -0.39 is 23.5 Å². The van der Waals surface area contributed by atoms with E-state index in [-0.39, 0.29) is 18.2 Å². The highest BCUT2D eigenvalue weighted by Gasteiger charge is 2.34. The Morgan fingerprint density at radius 2 is 2.11 bits per heavy atom. The number of hydrogen-bond donors (Lipinski definition) is 0. The first-order chi connectivity index (χ1) is 8.49. The number of halogens is 1. The SMILES string of the molecule is CCOC(=O)C(C(=O)c1ncccc1F)C(C)C.